The zero-order valence-electron chi connectivity index (χ0n) is 11.7. The van der Waals surface area contributed by atoms with Crippen molar-refractivity contribution < 1.29 is 4.74 Å². The molecule has 5 nitrogen and oxygen atoms in total. The lowest BCUT2D eigenvalue weighted by Crippen LogP contribution is -2.15. The molecule has 0 aliphatic heterocycles. The van der Waals surface area contributed by atoms with Crippen LogP contribution in [0.4, 0.5) is 0 Å². The second-order valence-corrected chi connectivity index (χ2v) is 4.44. The molecule has 0 aliphatic carbocycles. The van der Waals surface area contributed by atoms with Crippen LogP contribution < -0.4 is 10.1 Å². The number of hydrogen-bond acceptors (Lipinski definition) is 5. The van der Waals surface area contributed by atoms with E-state index in [1.54, 1.807) is 18.6 Å². The minimum absolute atomic E-state index is 0.555. The van der Waals surface area contributed by atoms with Gasteiger partial charge in [-0.1, -0.05) is 13.0 Å². The molecule has 0 aliphatic rings. The second-order valence-electron chi connectivity index (χ2n) is 4.44. The molecule has 0 saturated carbocycles. The molecule has 0 atom stereocenters. The summed E-state index contributed by atoms with van der Waals surface area (Å²) in [7, 11) is 0. The number of aromatic nitrogens is 3. The van der Waals surface area contributed by atoms with Crippen LogP contribution in [0.1, 0.15) is 24.7 Å². The maximum atomic E-state index is 5.56. The average molecular weight is 272 g/mol. The van der Waals surface area contributed by atoms with Crippen LogP contribution in [-0.4, -0.2) is 28.1 Å². The first-order valence-corrected chi connectivity index (χ1v) is 6.93. The zero-order valence-corrected chi connectivity index (χ0v) is 11.7. The van der Waals surface area contributed by atoms with Crippen molar-refractivity contribution in [2.75, 3.05) is 13.2 Å². The minimum Gasteiger partial charge on any atom is -0.476 e. The van der Waals surface area contributed by atoms with Gasteiger partial charge in [-0.3, -0.25) is 9.97 Å². The van der Waals surface area contributed by atoms with Crippen LogP contribution in [0.25, 0.3) is 0 Å². The lowest BCUT2D eigenvalue weighted by atomic mass is 10.3. The Hall–Kier alpha value is -2.01. The van der Waals surface area contributed by atoms with Crippen molar-refractivity contribution in [2.24, 2.45) is 0 Å². The molecular weight excluding hydrogens is 252 g/mol. The van der Waals surface area contributed by atoms with E-state index in [0.29, 0.717) is 12.5 Å². The zero-order chi connectivity index (χ0) is 14.0. The predicted molar refractivity (Wildman–Crippen MR) is 77.5 cm³/mol. The largest absolute Gasteiger partial charge is 0.476 e. The molecule has 2 aromatic rings. The molecule has 0 unspecified atom stereocenters. The van der Waals surface area contributed by atoms with Crippen LogP contribution in [0, 0.1) is 0 Å². The van der Waals surface area contributed by atoms with Crippen LogP contribution >= 0.6 is 0 Å². The summed E-state index contributed by atoms with van der Waals surface area (Å²) in [6.45, 7) is 4.43. The van der Waals surface area contributed by atoms with Gasteiger partial charge in [-0.15, -0.1) is 0 Å². The third kappa shape index (κ3) is 4.93. The van der Waals surface area contributed by atoms with E-state index in [1.807, 2.05) is 18.2 Å². The maximum absolute atomic E-state index is 5.56. The Bertz CT molecular complexity index is 487. The first kappa shape index (κ1) is 14.4. The fraction of sp³-hybridized carbons (Fsp3) is 0.400. The molecule has 0 aromatic carbocycles. The highest BCUT2D eigenvalue weighted by molar-refractivity contribution is 5.08. The van der Waals surface area contributed by atoms with E-state index in [0.717, 1.165) is 37.3 Å². The van der Waals surface area contributed by atoms with Crippen molar-refractivity contribution in [1.82, 2.24) is 20.3 Å². The Labute approximate surface area is 119 Å². The Morgan fingerprint density at radius 2 is 2.05 bits per heavy atom. The number of hydrogen-bond donors (Lipinski definition) is 1. The van der Waals surface area contributed by atoms with Gasteiger partial charge in [0.25, 0.3) is 0 Å². The summed E-state index contributed by atoms with van der Waals surface area (Å²) >= 11 is 0. The average Bonchev–Trinajstić information content (AvgIpc) is 2.50. The summed E-state index contributed by atoms with van der Waals surface area (Å²) in [6, 6.07) is 5.86. The van der Waals surface area contributed by atoms with E-state index >= 15 is 0 Å². The molecule has 0 bridgehead atoms. The molecule has 106 valence electrons. The number of nitrogens with zero attached hydrogens (tertiary/aromatic N) is 3. The summed E-state index contributed by atoms with van der Waals surface area (Å²) < 4.78 is 5.56. The quantitative estimate of drug-likeness (QED) is 0.745. The predicted octanol–water partition coefficient (Wildman–Crippen LogP) is 1.99. The van der Waals surface area contributed by atoms with E-state index in [2.05, 4.69) is 27.2 Å². The SMILES string of the molecule is CCCNCc1cnc(OCCc2ccccn2)cn1. The van der Waals surface area contributed by atoms with Crippen molar-refractivity contribution in [3.05, 3.63) is 48.2 Å². The van der Waals surface area contributed by atoms with Gasteiger partial charge < -0.3 is 10.1 Å². The number of rotatable bonds is 8. The number of nitrogens with one attached hydrogen (secondary N) is 1. The van der Waals surface area contributed by atoms with Crippen LogP contribution in [0.2, 0.25) is 0 Å². The van der Waals surface area contributed by atoms with Crippen LogP contribution in [0.5, 0.6) is 5.88 Å². The molecule has 0 saturated heterocycles. The fourth-order valence-electron chi connectivity index (χ4n) is 1.71. The Morgan fingerprint density at radius 3 is 2.75 bits per heavy atom. The number of pyridine rings is 1. The standard InChI is InChI=1S/C15H20N4O/c1-2-7-16-10-14-11-19-15(12-18-14)20-9-6-13-5-3-4-8-17-13/h3-5,8,11-12,16H,2,6-7,9-10H2,1H3. The van der Waals surface area contributed by atoms with Gasteiger partial charge in [-0.2, -0.15) is 0 Å². The third-order valence-corrected chi connectivity index (χ3v) is 2.75. The van der Waals surface area contributed by atoms with E-state index in [1.165, 1.54) is 0 Å². The Kier molecular flexibility index (Phi) is 5.92. The summed E-state index contributed by atoms with van der Waals surface area (Å²) in [5.74, 6) is 0.556. The smallest absolute Gasteiger partial charge is 0.232 e. The van der Waals surface area contributed by atoms with E-state index < -0.39 is 0 Å². The Morgan fingerprint density at radius 1 is 1.10 bits per heavy atom. The highest BCUT2D eigenvalue weighted by Gasteiger charge is 1.99. The number of ether oxygens (including phenoxy) is 1. The van der Waals surface area contributed by atoms with Crippen molar-refractivity contribution in [3.8, 4) is 5.88 Å². The van der Waals surface area contributed by atoms with Gasteiger partial charge in [0.2, 0.25) is 5.88 Å². The normalized spacial score (nSPS) is 10.4. The lowest BCUT2D eigenvalue weighted by molar-refractivity contribution is 0.306. The van der Waals surface area contributed by atoms with Gasteiger partial charge in [0.1, 0.15) is 0 Å². The van der Waals surface area contributed by atoms with E-state index in [-0.39, 0.29) is 0 Å². The van der Waals surface area contributed by atoms with Crippen LogP contribution in [0.3, 0.4) is 0 Å². The second kappa shape index (κ2) is 8.22. The summed E-state index contributed by atoms with van der Waals surface area (Å²) in [5.41, 5.74) is 1.94. The molecule has 20 heavy (non-hydrogen) atoms. The van der Waals surface area contributed by atoms with Gasteiger partial charge in [0, 0.05) is 24.9 Å². The van der Waals surface area contributed by atoms with E-state index in [4.69, 9.17) is 4.74 Å². The Balaban J connectivity index is 1.73. The minimum atomic E-state index is 0.555. The summed E-state index contributed by atoms with van der Waals surface area (Å²) in [4.78, 5) is 12.8. The van der Waals surface area contributed by atoms with Gasteiger partial charge in [-0.05, 0) is 25.1 Å². The van der Waals surface area contributed by atoms with Gasteiger partial charge >= 0.3 is 0 Å². The van der Waals surface area contributed by atoms with Crippen LogP contribution in [-0.2, 0) is 13.0 Å². The molecule has 0 spiro atoms. The van der Waals surface area contributed by atoms with Gasteiger partial charge in [0.05, 0.1) is 24.7 Å². The van der Waals surface area contributed by atoms with Crippen molar-refractivity contribution in [3.63, 3.8) is 0 Å². The molecule has 0 fully saturated rings. The van der Waals surface area contributed by atoms with Gasteiger partial charge in [0.15, 0.2) is 0 Å². The molecule has 0 amide bonds. The molecule has 1 N–H and O–H groups in total. The van der Waals surface area contributed by atoms with Crippen LogP contribution in [0.15, 0.2) is 36.8 Å². The topological polar surface area (TPSA) is 59.9 Å². The molecule has 2 rings (SSSR count). The fourth-order valence-corrected chi connectivity index (χ4v) is 1.71. The van der Waals surface area contributed by atoms with Crippen molar-refractivity contribution >= 4 is 0 Å². The highest BCUT2D eigenvalue weighted by Crippen LogP contribution is 2.05. The van der Waals surface area contributed by atoms with Crippen molar-refractivity contribution in [2.45, 2.75) is 26.3 Å². The van der Waals surface area contributed by atoms with E-state index in [9.17, 15) is 0 Å². The molecule has 0 radical (unpaired) electrons. The third-order valence-electron chi connectivity index (χ3n) is 2.75. The monoisotopic (exact) mass is 272 g/mol. The van der Waals surface area contributed by atoms with Crippen molar-refractivity contribution in [1.29, 1.82) is 0 Å². The molecule has 2 heterocycles. The van der Waals surface area contributed by atoms with Gasteiger partial charge in [-0.25, -0.2) is 4.98 Å². The molecule has 2 aromatic heterocycles. The molecule has 5 heteroatoms. The first-order chi connectivity index (χ1) is 9.88. The summed E-state index contributed by atoms with van der Waals surface area (Å²) in [6.07, 6.45) is 7.08. The maximum Gasteiger partial charge on any atom is 0.232 e. The molecular formula is C15H20N4O. The lowest BCUT2D eigenvalue weighted by Gasteiger charge is -2.06. The highest BCUT2D eigenvalue weighted by atomic mass is 16.5. The first-order valence-electron chi connectivity index (χ1n) is 6.93. The summed E-state index contributed by atoms with van der Waals surface area (Å²) in [5, 5.41) is 3.28.